The van der Waals surface area contributed by atoms with E-state index < -0.39 is 0 Å². The van der Waals surface area contributed by atoms with E-state index in [0.717, 1.165) is 58.2 Å². The van der Waals surface area contributed by atoms with Crippen LogP contribution in [0, 0.1) is 5.92 Å². The summed E-state index contributed by atoms with van der Waals surface area (Å²) in [6, 6.07) is 0.0653. The van der Waals surface area contributed by atoms with Gasteiger partial charge in [0.1, 0.15) is 0 Å². The maximum atomic E-state index is 12.0. The zero-order valence-electron chi connectivity index (χ0n) is 15.3. The van der Waals surface area contributed by atoms with E-state index in [1.54, 1.807) is 0 Å². The molecule has 2 unspecified atom stereocenters. The fourth-order valence-corrected chi connectivity index (χ4v) is 3.83. The fraction of sp³-hybridized carbons (Fsp3) is 0.944. The number of nitrogens with one attached hydrogen (secondary N) is 2. The summed E-state index contributed by atoms with van der Waals surface area (Å²) in [7, 11) is 0. The van der Waals surface area contributed by atoms with Crippen LogP contribution in [-0.2, 0) is 0 Å². The Hall–Kier alpha value is -0.850. The fourth-order valence-electron chi connectivity index (χ4n) is 3.83. The maximum Gasteiger partial charge on any atom is 0.315 e. The van der Waals surface area contributed by atoms with Crippen LogP contribution >= 0.6 is 0 Å². The summed E-state index contributed by atoms with van der Waals surface area (Å²) in [6.07, 6.45) is 6.48. The van der Waals surface area contributed by atoms with Gasteiger partial charge in [-0.25, -0.2) is 4.79 Å². The highest BCUT2D eigenvalue weighted by molar-refractivity contribution is 5.74. The van der Waals surface area contributed by atoms with E-state index in [-0.39, 0.29) is 24.6 Å². The lowest BCUT2D eigenvalue weighted by Gasteiger charge is -2.34. The average molecular weight is 341 g/mol. The third-order valence-electron chi connectivity index (χ3n) is 5.56. The van der Waals surface area contributed by atoms with Gasteiger partial charge < -0.3 is 25.5 Å². The van der Waals surface area contributed by atoms with Gasteiger partial charge in [0, 0.05) is 51.3 Å². The molecule has 1 aliphatic carbocycles. The number of carbonyl (C=O) groups excluding carboxylic acids is 1. The van der Waals surface area contributed by atoms with E-state index in [4.69, 9.17) is 0 Å². The molecule has 3 N–H and O–H groups in total. The number of amides is 2. The number of carbonyl (C=O) groups is 1. The van der Waals surface area contributed by atoms with E-state index in [2.05, 4.69) is 27.4 Å². The number of hydrogen-bond donors (Lipinski definition) is 3. The molecule has 2 amide bonds. The summed E-state index contributed by atoms with van der Waals surface area (Å²) >= 11 is 0. The molecule has 1 heterocycles. The summed E-state index contributed by atoms with van der Waals surface area (Å²) in [5.41, 5.74) is 0. The second kappa shape index (κ2) is 10.9. The minimum Gasteiger partial charge on any atom is -0.396 e. The molecule has 2 aliphatic rings. The zero-order chi connectivity index (χ0) is 17.2. The van der Waals surface area contributed by atoms with Gasteiger partial charge in [-0.3, -0.25) is 0 Å². The molecule has 2 fully saturated rings. The van der Waals surface area contributed by atoms with Gasteiger partial charge in [-0.15, -0.1) is 0 Å². The smallest absolute Gasteiger partial charge is 0.315 e. The number of likely N-dealkylation sites (N-methyl/N-ethyl adjacent to an activating group) is 1. The molecule has 0 aromatic heterocycles. The minimum absolute atomic E-state index is 0.0723. The molecule has 2 rings (SSSR count). The van der Waals surface area contributed by atoms with Gasteiger partial charge in [0.05, 0.1) is 0 Å². The summed E-state index contributed by atoms with van der Waals surface area (Å²) in [6.45, 7) is 10.1. The van der Waals surface area contributed by atoms with Crippen LogP contribution in [0.25, 0.3) is 0 Å². The van der Waals surface area contributed by atoms with Gasteiger partial charge in [0.15, 0.2) is 0 Å². The van der Waals surface area contributed by atoms with Gasteiger partial charge in [-0.2, -0.15) is 0 Å². The van der Waals surface area contributed by atoms with E-state index in [9.17, 15) is 9.90 Å². The number of nitrogens with zero attached hydrogens (tertiary/aromatic N) is 2. The van der Waals surface area contributed by atoms with E-state index in [1.165, 1.54) is 26.2 Å². The van der Waals surface area contributed by atoms with Crippen molar-refractivity contribution in [3.05, 3.63) is 0 Å². The van der Waals surface area contributed by atoms with E-state index in [0.29, 0.717) is 0 Å². The van der Waals surface area contributed by atoms with Crippen LogP contribution in [0.2, 0.25) is 0 Å². The quantitative estimate of drug-likeness (QED) is 0.582. The highest BCUT2D eigenvalue weighted by Crippen LogP contribution is 2.23. The summed E-state index contributed by atoms with van der Waals surface area (Å²) in [5.74, 6) is 0.228. The van der Waals surface area contributed by atoms with Crippen LogP contribution in [0.15, 0.2) is 0 Å². The first-order valence-electron chi connectivity index (χ1n) is 9.83. The average Bonchev–Trinajstić information content (AvgIpc) is 2.62. The topological polar surface area (TPSA) is 67.8 Å². The molecular formula is C18H36N4O2. The molecular weight excluding hydrogens is 304 g/mol. The Morgan fingerprint density at radius 1 is 1.08 bits per heavy atom. The van der Waals surface area contributed by atoms with Crippen LogP contribution in [0.4, 0.5) is 4.79 Å². The molecule has 1 aliphatic heterocycles. The van der Waals surface area contributed by atoms with Gasteiger partial charge in [-0.1, -0.05) is 19.8 Å². The Kier molecular flexibility index (Phi) is 8.84. The Labute approximate surface area is 147 Å². The van der Waals surface area contributed by atoms with Gasteiger partial charge in [-0.05, 0) is 38.8 Å². The first-order chi connectivity index (χ1) is 11.7. The number of urea groups is 1. The van der Waals surface area contributed by atoms with Gasteiger partial charge in [0.25, 0.3) is 0 Å². The standard InChI is InChI=1S/C18H36N4O2/c1-2-21-11-13-22(14-12-21)10-6-5-9-19-18(24)20-17-8-4-3-7-16(17)15-23/h16-17,23H,2-15H2,1H3,(H2,19,20,24). The molecule has 24 heavy (non-hydrogen) atoms. The SMILES string of the molecule is CCN1CCN(CCCCNC(=O)NC2CCCCC2CO)CC1. The predicted molar refractivity (Wildman–Crippen MR) is 97.2 cm³/mol. The maximum absolute atomic E-state index is 12.0. The minimum atomic E-state index is -0.0723. The first-order valence-corrected chi connectivity index (χ1v) is 9.83. The predicted octanol–water partition coefficient (Wildman–Crippen LogP) is 1.25. The Balaban J connectivity index is 1.50. The Morgan fingerprint density at radius 3 is 2.50 bits per heavy atom. The van der Waals surface area contributed by atoms with Crippen molar-refractivity contribution in [2.75, 3.05) is 52.4 Å². The number of hydrogen-bond acceptors (Lipinski definition) is 4. The highest BCUT2D eigenvalue weighted by atomic mass is 16.3. The Bertz CT molecular complexity index is 359. The molecule has 0 aromatic rings. The normalized spacial score (nSPS) is 26.2. The lowest BCUT2D eigenvalue weighted by Crippen LogP contribution is -2.48. The van der Waals surface area contributed by atoms with Crippen LogP contribution in [0.3, 0.4) is 0 Å². The van der Waals surface area contributed by atoms with Crippen molar-refractivity contribution in [2.24, 2.45) is 5.92 Å². The molecule has 0 spiro atoms. The number of rotatable bonds is 8. The van der Waals surface area contributed by atoms with E-state index >= 15 is 0 Å². The lowest BCUT2D eigenvalue weighted by molar-refractivity contribution is 0.135. The number of piperazine rings is 1. The van der Waals surface area contributed by atoms with Crippen molar-refractivity contribution in [3.63, 3.8) is 0 Å². The van der Waals surface area contributed by atoms with Gasteiger partial charge in [0.2, 0.25) is 0 Å². The molecule has 0 bridgehead atoms. The molecule has 1 saturated heterocycles. The summed E-state index contributed by atoms with van der Waals surface area (Å²) < 4.78 is 0. The van der Waals surface area contributed by atoms with Crippen LogP contribution in [0.1, 0.15) is 45.4 Å². The molecule has 0 aromatic carbocycles. The molecule has 1 saturated carbocycles. The lowest BCUT2D eigenvalue weighted by atomic mass is 9.85. The van der Waals surface area contributed by atoms with Crippen molar-refractivity contribution < 1.29 is 9.90 Å². The number of unbranched alkanes of at least 4 members (excludes halogenated alkanes) is 1. The molecule has 2 atom stereocenters. The summed E-state index contributed by atoms with van der Waals surface area (Å²) in [4.78, 5) is 17.0. The van der Waals surface area contributed by atoms with E-state index in [1.807, 2.05) is 0 Å². The van der Waals surface area contributed by atoms with Crippen molar-refractivity contribution in [1.29, 1.82) is 0 Å². The van der Waals surface area contributed by atoms with Crippen molar-refractivity contribution in [1.82, 2.24) is 20.4 Å². The number of aliphatic hydroxyl groups is 1. The van der Waals surface area contributed by atoms with Gasteiger partial charge >= 0.3 is 6.03 Å². The van der Waals surface area contributed by atoms with Crippen LogP contribution in [0.5, 0.6) is 0 Å². The molecule has 0 radical (unpaired) electrons. The Morgan fingerprint density at radius 2 is 1.79 bits per heavy atom. The third-order valence-corrected chi connectivity index (χ3v) is 5.56. The van der Waals surface area contributed by atoms with Crippen molar-refractivity contribution >= 4 is 6.03 Å². The third kappa shape index (κ3) is 6.57. The first kappa shape index (κ1) is 19.5. The molecule has 6 heteroatoms. The van der Waals surface area contributed by atoms with Crippen molar-refractivity contribution in [3.8, 4) is 0 Å². The second-order valence-electron chi connectivity index (χ2n) is 7.22. The van der Waals surface area contributed by atoms with Crippen molar-refractivity contribution in [2.45, 2.75) is 51.5 Å². The highest BCUT2D eigenvalue weighted by Gasteiger charge is 2.25. The molecule has 140 valence electrons. The van der Waals surface area contributed by atoms with Crippen LogP contribution < -0.4 is 10.6 Å². The largest absolute Gasteiger partial charge is 0.396 e. The second-order valence-corrected chi connectivity index (χ2v) is 7.22. The van der Waals surface area contributed by atoms with Crippen LogP contribution in [-0.4, -0.2) is 79.4 Å². The summed E-state index contributed by atoms with van der Waals surface area (Å²) in [5, 5.41) is 15.4. The molecule has 6 nitrogen and oxygen atoms in total. The monoisotopic (exact) mass is 340 g/mol. The zero-order valence-corrected chi connectivity index (χ0v) is 15.3. The number of aliphatic hydroxyl groups excluding tert-OH is 1.